The largest absolute Gasteiger partial charge is 0.395 e. The fraction of sp³-hybridized carbons (Fsp3) is 0.368. The number of aliphatic hydroxyl groups is 1. The first-order valence-corrected chi connectivity index (χ1v) is 9.52. The van der Waals surface area contributed by atoms with Gasteiger partial charge >= 0.3 is 0 Å². The minimum absolute atomic E-state index is 0.0298. The zero-order chi connectivity index (χ0) is 17.8. The molecule has 3 aromatic rings. The summed E-state index contributed by atoms with van der Waals surface area (Å²) in [5, 5.41) is 11.0. The molecule has 0 radical (unpaired) electrons. The Morgan fingerprint density at radius 3 is 2.64 bits per heavy atom. The second kappa shape index (κ2) is 7.80. The number of benzene rings is 1. The zero-order valence-electron chi connectivity index (χ0n) is 14.6. The van der Waals surface area contributed by atoms with E-state index in [1.54, 1.807) is 4.90 Å². The van der Waals surface area contributed by atoms with Crippen LogP contribution in [0.2, 0.25) is 0 Å². The molecule has 0 spiro atoms. The molecule has 0 atom stereocenters. The molecule has 132 valence electrons. The van der Waals surface area contributed by atoms with Gasteiger partial charge in [-0.1, -0.05) is 38.1 Å². The topological polar surface area (TPSA) is 57.8 Å². The van der Waals surface area contributed by atoms with Gasteiger partial charge < -0.3 is 10.0 Å². The zero-order valence-corrected chi connectivity index (χ0v) is 15.4. The fourth-order valence-electron chi connectivity index (χ4n) is 2.86. The molecule has 1 aromatic carbocycles. The van der Waals surface area contributed by atoms with Crippen LogP contribution in [0, 0.1) is 0 Å². The third-order valence-electron chi connectivity index (χ3n) is 4.24. The number of hydrogen-bond acceptors (Lipinski definition) is 4. The van der Waals surface area contributed by atoms with E-state index in [4.69, 9.17) is 0 Å². The Kier molecular flexibility index (Phi) is 5.50. The van der Waals surface area contributed by atoms with Gasteiger partial charge in [0.05, 0.1) is 12.3 Å². The molecule has 1 N–H and O–H groups in total. The first-order valence-electron chi connectivity index (χ1n) is 8.64. The van der Waals surface area contributed by atoms with Crippen LogP contribution in [0.25, 0.3) is 16.2 Å². The average molecular weight is 357 g/mol. The molecule has 2 heterocycles. The molecule has 0 aliphatic carbocycles. The number of nitrogens with zero attached hydrogens (tertiary/aromatic N) is 3. The summed E-state index contributed by atoms with van der Waals surface area (Å²) in [6.45, 7) is 5.11. The summed E-state index contributed by atoms with van der Waals surface area (Å²) in [5.74, 6) is -0.0626. The van der Waals surface area contributed by atoms with Gasteiger partial charge in [0.1, 0.15) is 5.69 Å². The summed E-state index contributed by atoms with van der Waals surface area (Å²) in [4.78, 5) is 20.0. The quantitative estimate of drug-likeness (QED) is 0.704. The molecule has 6 heteroatoms. The standard InChI is InChI=1S/C19H23N3O2S/c1-3-9-21(10-11-23)18(24)17-13-25-19-20-16(12-22(17)19)15-7-5-14(4-2)6-8-15/h5-8,12-13,23H,3-4,9-11H2,1-2H3. The van der Waals surface area contributed by atoms with Crippen molar-refractivity contribution in [2.45, 2.75) is 26.7 Å². The molecular weight excluding hydrogens is 334 g/mol. The van der Waals surface area contributed by atoms with Gasteiger partial charge in [0, 0.05) is 30.2 Å². The monoisotopic (exact) mass is 357 g/mol. The fourth-order valence-corrected chi connectivity index (χ4v) is 3.70. The van der Waals surface area contributed by atoms with E-state index < -0.39 is 0 Å². The Bertz CT molecular complexity index is 845. The van der Waals surface area contributed by atoms with Gasteiger partial charge in [-0.2, -0.15) is 0 Å². The van der Waals surface area contributed by atoms with Crippen molar-refractivity contribution in [3.05, 3.63) is 47.1 Å². The van der Waals surface area contributed by atoms with E-state index in [1.807, 2.05) is 22.9 Å². The van der Waals surface area contributed by atoms with Crippen molar-refractivity contribution in [1.82, 2.24) is 14.3 Å². The van der Waals surface area contributed by atoms with E-state index in [0.29, 0.717) is 18.8 Å². The van der Waals surface area contributed by atoms with Gasteiger partial charge in [0.2, 0.25) is 0 Å². The lowest BCUT2D eigenvalue weighted by atomic mass is 10.1. The molecule has 3 rings (SSSR count). The van der Waals surface area contributed by atoms with Gasteiger partial charge in [-0.3, -0.25) is 9.20 Å². The summed E-state index contributed by atoms with van der Waals surface area (Å²) >= 11 is 1.46. The Morgan fingerprint density at radius 1 is 1.24 bits per heavy atom. The van der Waals surface area contributed by atoms with E-state index in [1.165, 1.54) is 16.9 Å². The van der Waals surface area contributed by atoms with Crippen LogP contribution >= 0.6 is 11.3 Å². The highest BCUT2D eigenvalue weighted by Crippen LogP contribution is 2.25. The first kappa shape index (κ1) is 17.6. The molecule has 0 aliphatic heterocycles. The summed E-state index contributed by atoms with van der Waals surface area (Å²) in [6, 6.07) is 8.36. The molecule has 5 nitrogen and oxygen atoms in total. The number of fused-ring (bicyclic) bond motifs is 1. The molecule has 0 saturated heterocycles. The number of carbonyl (C=O) groups is 1. The third-order valence-corrected chi connectivity index (χ3v) is 5.08. The Hall–Kier alpha value is -2.18. The number of aryl methyl sites for hydroxylation is 1. The lowest BCUT2D eigenvalue weighted by molar-refractivity contribution is 0.0715. The average Bonchev–Trinajstić information content (AvgIpc) is 3.21. The van der Waals surface area contributed by atoms with Crippen molar-refractivity contribution in [2.24, 2.45) is 0 Å². The highest BCUT2D eigenvalue weighted by Gasteiger charge is 2.20. The molecule has 0 aliphatic rings. The predicted molar refractivity (Wildman–Crippen MR) is 101 cm³/mol. The number of rotatable bonds is 7. The third kappa shape index (κ3) is 3.60. The second-order valence-corrected chi connectivity index (χ2v) is 6.80. The summed E-state index contributed by atoms with van der Waals surface area (Å²) in [6.07, 6.45) is 3.79. The minimum atomic E-state index is -0.0626. The van der Waals surface area contributed by atoms with E-state index in [9.17, 15) is 9.90 Å². The van der Waals surface area contributed by atoms with Crippen LogP contribution in [0.1, 0.15) is 36.3 Å². The maximum absolute atomic E-state index is 12.8. The normalized spacial score (nSPS) is 11.2. The van der Waals surface area contributed by atoms with Crippen LogP contribution in [0.15, 0.2) is 35.8 Å². The Morgan fingerprint density at radius 2 is 2.00 bits per heavy atom. The number of carbonyl (C=O) groups excluding carboxylic acids is 1. The van der Waals surface area contributed by atoms with Crippen LogP contribution in [-0.4, -0.2) is 45.0 Å². The molecule has 2 aromatic heterocycles. The molecule has 0 saturated carbocycles. The van der Waals surface area contributed by atoms with Crippen LogP contribution in [0.5, 0.6) is 0 Å². The van der Waals surface area contributed by atoms with Crippen molar-refractivity contribution in [3.8, 4) is 11.3 Å². The number of imidazole rings is 1. The van der Waals surface area contributed by atoms with Crippen molar-refractivity contribution in [3.63, 3.8) is 0 Å². The minimum Gasteiger partial charge on any atom is -0.395 e. The highest BCUT2D eigenvalue weighted by atomic mass is 32.1. The number of thiazole rings is 1. The molecule has 1 amide bonds. The van der Waals surface area contributed by atoms with Crippen molar-refractivity contribution < 1.29 is 9.90 Å². The van der Waals surface area contributed by atoms with E-state index in [2.05, 4.69) is 36.2 Å². The van der Waals surface area contributed by atoms with Crippen LogP contribution < -0.4 is 0 Å². The van der Waals surface area contributed by atoms with Crippen LogP contribution in [-0.2, 0) is 6.42 Å². The van der Waals surface area contributed by atoms with Gasteiger partial charge in [0.25, 0.3) is 5.91 Å². The van der Waals surface area contributed by atoms with Gasteiger partial charge in [0.15, 0.2) is 4.96 Å². The second-order valence-electron chi connectivity index (χ2n) is 5.97. The number of aromatic nitrogens is 2. The lowest BCUT2D eigenvalue weighted by Crippen LogP contribution is -2.34. The van der Waals surface area contributed by atoms with E-state index in [0.717, 1.165) is 29.1 Å². The van der Waals surface area contributed by atoms with Crippen LogP contribution in [0.4, 0.5) is 0 Å². The smallest absolute Gasteiger partial charge is 0.271 e. The number of hydrogen-bond donors (Lipinski definition) is 1. The first-order chi connectivity index (χ1) is 12.2. The van der Waals surface area contributed by atoms with Gasteiger partial charge in [-0.25, -0.2) is 4.98 Å². The molecular formula is C19H23N3O2S. The molecule has 0 unspecified atom stereocenters. The van der Waals surface area contributed by atoms with Gasteiger partial charge in [-0.05, 0) is 18.4 Å². The molecule has 0 bridgehead atoms. The maximum atomic E-state index is 12.8. The summed E-state index contributed by atoms with van der Waals surface area (Å²) in [7, 11) is 0. The maximum Gasteiger partial charge on any atom is 0.271 e. The highest BCUT2D eigenvalue weighted by molar-refractivity contribution is 7.15. The number of amides is 1. The molecule has 25 heavy (non-hydrogen) atoms. The molecule has 0 fully saturated rings. The Labute approximate surface area is 151 Å². The summed E-state index contributed by atoms with van der Waals surface area (Å²) in [5.41, 5.74) is 3.81. The van der Waals surface area contributed by atoms with E-state index >= 15 is 0 Å². The van der Waals surface area contributed by atoms with Crippen LogP contribution in [0.3, 0.4) is 0 Å². The summed E-state index contributed by atoms with van der Waals surface area (Å²) < 4.78 is 1.86. The number of aliphatic hydroxyl groups excluding tert-OH is 1. The van der Waals surface area contributed by atoms with Crippen molar-refractivity contribution in [2.75, 3.05) is 19.7 Å². The predicted octanol–water partition coefficient (Wildman–Crippen LogP) is 3.47. The van der Waals surface area contributed by atoms with Crippen molar-refractivity contribution in [1.29, 1.82) is 0 Å². The SMILES string of the molecule is CCCN(CCO)C(=O)c1csc2nc(-c3ccc(CC)cc3)cn12. The Balaban J connectivity index is 1.92. The van der Waals surface area contributed by atoms with Gasteiger partial charge in [-0.15, -0.1) is 11.3 Å². The van der Waals surface area contributed by atoms with Crippen molar-refractivity contribution >= 4 is 22.2 Å². The lowest BCUT2D eigenvalue weighted by Gasteiger charge is -2.20. The van der Waals surface area contributed by atoms with E-state index in [-0.39, 0.29) is 12.5 Å².